The van der Waals surface area contributed by atoms with Gasteiger partial charge in [0.15, 0.2) is 0 Å². The molecule has 0 aromatic rings. The normalized spacial score (nSPS) is 15.7. The lowest BCUT2D eigenvalue weighted by Crippen LogP contribution is -2.53. The van der Waals surface area contributed by atoms with Gasteiger partial charge in [-0.05, 0) is 0 Å². The Labute approximate surface area is 66.5 Å². The highest BCUT2D eigenvalue weighted by molar-refractivity contribution is 5.75. The molecule has 0 fully saturated rings. The standard InChI is InChI=1S/C5H8O7/c6-1(2(7)4(9)10)3(8)5(11)12/h1-3,6-8H,(H,9,10)(H,11,12)/p-2/t2-,3-/m0/s1. The predicted octanol–water partition coefficient (Wildman–Crippen LogP) is -5.43. The third-order valence-electron chi connectivity index (χ3n) is 1.13. The molecule has 0 aromatic carbocycles. The summed E-state index contributed by atoms with van der Waals surface area (Å²) >= 11 is 0. The lowest BCUT2D eigenvalue weighted by Gasteiger charge is -2.23. The summed E-state index contributed by atoms with van der Waals surface area (Å²) in [6.45, 7) is 0. The van der Waals surface area contributed by atoms with E-state index < -0.39 is 30.3 Å². The van der Waals surface area contributed by atoms with Crippen molar-refractivity contribution in [3.63, 3.8) is 0 Å². The average Bonchev–Trinajstić information content (AvgIpc) is 2.00. The number of hydrogen-bond donors (Lipinski definition) is 3. The summed E-state index contributed by atoms with van der Waals surface area (Å²) in [6, 6.07) is 0. The van der Waals surface area contributed by atoms with Crippen molar-refractivity contribution in [3.05, 3.63) is 0 Å². The Kier molecular flexibility index (Phi) is 3.61. The van der Waals surface area contributed by atoms with Crippen LogP contribution in [0.15, 0.2) is 0 Å². The van der Waals surface area contributed by atoms with Crippen LogP contribution in [0.5, 0.6) is 0 Å². The maximum Gasteiger partial charge on any atom is 0.122 e. The average molecular weight is 178 g/mol. The van der Waals surface area contributed by atoms with Crippen molar-refractivity contribution < 1.29 is 35.1 Å². The second-order valence-electron chi connectivity index (χ2n) is 2.02. The van der Waals surface area contributed by atoms with Gasteiger partial charge in [0.05, 0.1) is 11.9 Å². The molecule has 7 nitrogen and oxygen atoms in total. The molecule has 70 valence electrons. The van der Waals surface area contributed by atoms with E-state index in [1.807, 2.05) is 0 Å². The van der Waals surface area contributed by atoms with Gasteiger partial charge in [-0.15, -0.1) is 0 Å². The van der Waals surface area contributed by atoms with Crippen LogP contribution in [-0.2, 0) is 9.59 Å². The van der Waals surface area contributed by atoms with E-state index in [-0.39, 0.29) is 0 Å². The van der Waals surface area contributed by atoms with E-state index in [1.54, 1.807) is 0 Å². The molecule has 0 saturated carbocycles. The van der Waals surface area contributed by atoms with Crippen LogP contribution in [0.1, 0.15) is 0 Å². The molecular formula is C5H6O7-2. The molecule has 0 unspecified atom stereocenters. The van der Waals surface area contributed by atoms with Crippen LogP contribution >= 0.6 is 0 Å². The van der Waals surface area contributed by atoms with E-state index >= 15 is 0 Å². The van der Waals surface area contributed by atoms with E-state index in [9.17, 15) is 19.8 Å². The molecule has 0 heterocycles. The van der Waals surface area contributed by atoms with Gasteiger partial charge in [0, 0.05) is 0 Å². The largest absolute Gasteiger partial charge is 0.547 e. The zero-order valence-electron chi connectivity index (χ0n) is 5.71. The first-order valence-corrected chi connectivity index (χ1v) is 2.84. The van der Waals surface area contributed by atoms with Crippen molar-refractivity contribution in [2.45, 2.75) is 18.3 Å². The topological polar surface area (TPSA) is 141 Å². The lowest BCUT2D eigenvalue weighted by atomic mass is 10.1. The maximum atomic E-state index is 9.82. The van der Waals surface area contributed by atoms with E-state index in [1.165, 1.54) is 0 Å². The molecule has 2 atom stereocenters. The molecular weight excluding hydrogens is 172 g/mol. The minimum absolute atomic E-state index is 2.08. The van der Waals surface area contributed by atoms with Crippen molar-refractivity contribution in [2.75, 3.05) is 0 Å². The first kappa shape index (κ1) is 10.8. The Morgan fingerprint density at radius 1 is 0.917 bits per heavy atom. The van der Waals surface area contributed by atoms with Crippen LogP contribution in [0.25, 0.3) is 0 Å². The summed E-state index contributed by atoms with van der Waals surface area (Å²) in [5.74, 6) is -4.16. The Morgan fingerprint density at radius 2 is 1.17 bits per heavy atom. The van der Waals surface area contributed by atoms with Gasteiger partial charge in [-0.1, -0.05) is 0 Å². The van der Waals surface area contributed by atoms with Gasteiger partial charge in [-0.3, -0.25) is 0 Å². The summed E-state index contributed by atoms with van der Waals surface area (Å²) in [5, 5.41) is 45.1. The van der Waals surface area contributed by atoms with E-state index in [4.69, 9.17) is 15.3 Å². The summed E-state index contributed by atoms with van der Waals surface area (Å²) in [6.07, 6.45) is -7.28. The minimum atomic E-state index is -2.46. The van der Waals surface area contributed by atoms with Gasteiger partial charge in [-0.25, -0.2) is 0 Å². The molecule has 0 bridgehead atoms. The Bertz CT molecular complexity index is 168. The molecule has 12 heavy (non-hydrogen) atoms. The van der Waals surface area contributed by atoms with Gasteiger partial charge in [-0.2, -0.15) is 0 Å². The van der Waals surface area contributed by atoms with Gasteiger partial charge in [0.25, 0.3) is 0 Å². The summed E-state index contributed by atoms with van der Waals surface area (Å²) < 4.78 is 0. The van der Waals surface area contributed by atoms with Gasteiger partial charge in [0.1, 0.15) is 18.3 Å². The van der Waals surface area contributed by atoms with E-state index in [2.05, 4.69) is 0 Å². The number of hydrogen-bond acceptors (Lipinski definition) is 7. The Morgan fingerprint density at radius 3 is 1.33 bits per heavy atom. The number of rotatable bonds is 4. The van der Waals surface area contributed by atoms with Crippen molar-refractivity contribution in [1.29, 1.82) is 0 Å². The van der Waals surface area contributed by atoms with Crippen molar-refractivity contribution >= 4 is 11.9 Å². The molecule has 3 N–H and O–H groups in total. The fourth-order valence-electron chi connectivity index (χ4n) is 0.452. The van der Waals surface area contributed by atoms with Gasteiger partial charge in [0.2, 0.25) is 0 Å². The smallest absolute Gasteiger partial charge is 0.122 e. The molecule has 0 radical (unpaired) electrons. The SMILES string of the molecule is O=C([O-])[C@@H](O)C(O)[C@H](O)C(=O)[O-]. The molecule has 7 heteroatoms. The molecule has 0 aliphatic heterocycles. The first-order chi connectivity index (χ1) is 5.37. The third-order valence-corrected chi connectivity index (χ3v) is 1.13. The fourth-order valence-corrected chi connectivity index (χ4v) is 0.452. The quantitative estimate of drug-likeness (QED) is 0.390. The molecule has 0 amide bonds. The summed E-state index contributed by atoms with van der Waals surface area (Å²) in [5.41, 5.74) is 0. The van der Waals surface area contributed by atoms with Gasteiger partial charge >= 0.3 is 0 Å². The van der Waals surface area contributed by atoms with Crippen molar-refractivity contribution in [3.8, 4) is 0 Å². The predicted molar refractivity (Wildman–Crippen MR) is 28.0 cm³/mol. The van der Waals surface area contributed by atoms with Crippen molar-refractivity contribution in [1.82, 2.24) is 0 Å². The monoisotopic (exact) mass is 178 g/mol. The number of carboxylic acid groups (broad SMARTS) is 2. The Balaban J connectivity index is 4.28. The van der Waals surface area contributed by atoms with E-state index in [0.717, 1.165) is 0 Å². The highest BCUT2D eigenvalue weighted by Crippen LogP contribution is 1.98. The summed E-state index contributed by atoms with van der Waals surface area (Å²) in [4.78, 5) is 19.6. The molecule has 0 aromatic heterocycles. The number of aliphatic hydroxyl groups is 3. The number of carbonyl (C=O) groups excluding carboxylic acids is 2. The molecule has 0 rings (SSSR count). The molecule has 0 aliphatic rings. The zero-order valence-corrected chi connectivity index (χ0v) is 5.71. The zero-order chi connectivity index (χ0) is 9.89. The number of aliphatic hydroxyl groups excluding tert-OH is 3. The van der Waals surface area contributed by atoms with Gasteiger partial charge < -0.3 is 35.1 Å². The fraction of sp³-hybridized carbons (Fsp3) is 0.600. The molecule has 0 saturated heterocycles. The Hall–Kier alpha value is -1.18. The lowest BCUT2D eigenvalue weighted by molar-refractivity contribution is -0.327. The second kappa shape index (κ2) is 4.00. The van der Waals surface area contributed by atoms with Crippen LogP contribution < -0.4 is 10.2 Å². The maximum absolute atomic E-state index is 9.82. The van der Waals surface area contributed by atoms with E-state index in [0.29, 0.717) is 0 Å². The van der Waals surface area contributed by atoms with Crippen LogP contribution in [0.4, 0.5) is 0 Å². The third kappa shape index (κ3) is 2.46. The first-order valence-electron chi connectivity index (χ1n) is 2.84. The molecule has 0 spiro atoms. The number of carbonyl (C=O) groups is 2. The highest BCUT2D eigenvalue weighted by Gasteiger charge is 2.26. The van der Waals surface area contributed by atoms with Crippen molar-refractivity contribution in [2.24, 2.45) is 0 Å². The van der Waals surface area contributed by atoms with Crippen LogP contribution in [0.3, 0.4) is 0 Å². The van der Waals surface area contributed by atoms with Crippen LogP contribution in [0, 0.1) is 0 Å². The van der Waals surface area contributed by atoms with Crippen LogP contribution in [-0.4, -0.2) is 45.6 Å². The second-order valence-corrected chi connectivity index (χ2v) is 2.02. The highest BCUT2D eigenvalue weighted by atomic mass is 16.4. The summed E-state index contributed by atoms with van der Waals surface area (Å²) in [7, 11) is 0. The number of carboxylic acids is 2. The minimum Gasteiger partial charge on any atom is -0.547 e. The molecule has 0 aliphatic carbocycles. The van der Waals surface area contributed by atoms with Crippen LogP contribution in [0.2, 0.25) is 0 Å². The number of aliphatic carboxylic acids is 2.